The molecule has 0 unspecified atom stereocenters. The summed E-state index contributed by atoms with van der Waals surface area (Å²) in [7, 11) is 0. The Morgan fingerprint density at radius 2 is 1.97 bits per heavy atom. The maximum atomic E-state index is 12.0. The van der Waals surface area contributed by atoms with E-state index in [9.17, 15) is 9.59 Å². The molecule has 1 aromatic carbocycles. The Kier molecular flexibility index (Phi) is 4.66. The molecule has 3 heterocycles. The number of nitrogens with one attached hydrogen (secondary N) is 2. The van der Waals surface area contributed by atoms with E-state index in [4.69, 9.17) is 10.2 Å². The molecule has 1 amide bonds. The van der Waals surface area contributed by atoms with Crippen LogP contribution >= 0.6 is 0 Å². The number of aryl methyl sites for hydroxylation is 1. The number of carbonyl (C=O) groups excluding carboxylic acids is 1. The Balaban J connectivity index is 1.63. The van der Waals surface area contributed by atoms with Gasteiger partial charge in [-0.2, -0.15) is 0 Å². The van der Waals surface area contributed by atoms with Crippen LogP contribution in [0.4, 0.5) is 11.7 Å². The first-order valence-electron chi connectivity index (χ1n) is 8.78. The molecule has 29 heavy (non-hydrogen) atoms. The second kappa shape index (κ2) is 7.43. The predicted molar refractivity (Wildman–Crippen MR) is 109 cm³/mol. The molecule has 0 aliphatic rings. The van der Waals surface area contributed by atoms with Gasteiger partial charge in [-0.3, -0.25) is 14.6 Å². The molecular weight excluding hydrogens is 370 g/mol. The molecule has 0 atom stereocenters. The highest BCUT2D eigenvalue weighted by atomic mass is 16.4. The summed E-state index contributed by atoms with van der Waals surface area (Å²) in [5.74, 6) is -0.0298. The molecule has 4 N–H and O–H groups in total. The van der Waals surface area contributed by atoms with Crippen LogP contribution in [0.5, 0.6) is 0 Å². The fraction of sp³-hybridized carbons (Fsp3) is 0.0476. The van der Waals surface area contributed by atoms with Gasteiger partial charge in [0, 0.05) is 46.5 Å². The number of nitrogens with zero attached hydrogens (tertiary/aromatic N) is 2. The summed E-state index contributed by atoms with van der Waals surface area (Å²) in [6.45, 7) is 1.89. The van der Waals surface area contributed by atoms with Crippen molar-refractivity contribution in [3.8, 4) is 22.5 Å². The van der Waals surface area contributed by atoms with Crippen LogP contribution in [-0.4, -0.2) is 20.9 Å². The Hall–Kier alpha value is -4.20. The number of anilines is 2. The first kappa shape index (κ1) is 18.2. The number of hydrogen-bond acceptors (Lipinski definition) is 6. The largest absolute Gasteiger partial charge is 0.423 e. The van der Waals surface area contributed by atoms with E-state index in [1.165, 1.54) is 0 Å². The van der Waals surface area contributed by atoms with Gasteiger partial charge in [-0.1, -0.05) is 6.07 Å². The Morgan fingerprint density at radius 3 is 2.76 bits per heavy atom. The molecule has 4 aromatic rings. The zero-order valence-corrected chi connectivity index (χ0v) is 15.5. The van der Waals surface area contributed by atoms with Gasteiger partial charge in [0.05, 0.1) is 6.20 Å². The number of aromatic amines is 1. The molecule has 0 fully saturated rings. The lowest BCUT2D eigenvalue weighted by Gasteiger charge is -2.07. The maximum Gasteiger partial charge on any atom is 0.299 e. The van der Waals surface area contributed by atoms with Crippen molar-refractivity contribution in [3.63, 3.8) is 0 Å². The SMILES string of the molecule is Cc1ccc(C(N)=O)cc1Nc1ncc(-c2cncc(-c3ccc[nH]c3=O)c2)o1. The second-order valence-corrected chi connectivity index (χ2v) is 6.42. The maximum absolute atomic E-state index is 12.0. The van der Waals surface area contributed by atoms with Crippen LogP contribution in [0.25, 0.3) is 22.5 Å². The second-order valence-electron chi connectivity index (χ2n) is 6.42. The van der Waals surface area contributed by atoms with E-state index in [1.807, 2.05) is 6.92 Å². The van der Waals surface area contributed by atoms with Gasteiger partial charge < -0.3 is 20.5 Å². The highest BCUT2D eigenvalue weighted by Crippen LogP contribution is 2.28. The van der Waals surface area contributed by atoms with Gasteiger partial charge >= 0.3 is 0 Å². The van der Waals surface area contributed by atoms with Gasteiger partial charge in [-0.05, 0) is 42.8 Å². The van der Waals surface area contributed by atoms with E-state index in [-0.39, 0.29) is 11.6 Å². The van der Waals surface area contributed by atoms with Gasteiger partial charge in [0.15, 0.2) is 5.76 Å². The number of primary amides is 1. The average Bonchev–Trinajstić information content (AvgIpc) is 3.18. The summed E-state index contributed by atoms with van der Waals surface area (Å²) in [6, 6.07) is 10.6. The van der Waals surface area contributed by atoms with Crippen molar-refractivity contribution < 1.29 is 9.21 Å². The molecule has 0 saturated heterocycles. The van der Waals surface area contributed by atoms with E-state index >= 15 is 0 Å². The van der Waals surface area contributed by atoms with Crippen LogP contribution in [0, 0.1) is 6.92 Å². The number of rotatable bonds is 5. The van der Waals surface area contributed by atoms with E-state index in [2.05, 4.69) is 20.3 Å². The fourth-order valence-electron chi connectivity index (χ4n) is 2.86. The third kappa shape index (κ3) is 3.77. The van der Waals surface area contributed by atoms with Crippen molar-refractivity contribution in [1.82, 2.24) is 15.0 Å². The number of benzene rings is 1. The van der Waals surface area contributed by atoms with Crippen LogP contribution in [-0.2, 0) is 0 Å². The summed E-state index contributed by atoms with van der Waals surface area (Å²) in [6.07, 6.45) is 6.38. The fourth-order valence-corrected chi connectivity index (χ4v) is 2.86. The summed E-state index contributed by atoms with van der Waals surface area (Å²) < 4.78 is 5.79. The number of oxazole rings is 1. The molecule has 4 rings (SSSR count). The van der Waals surface area contributed by atoms with E-state index in [0.29, 0.717) is 33.7 Å². The van der Waals surface area contributed by atoms with Gasteiger partial charge in [0.1, 0.15) is 0 Å². The minimum atomic E-state index is -0.514. The van der Waals surface area contributed by atoms with Gasteiger partial charge in [0.2, 0.25) is 5.91 Å². The van der Waals surface area contributed by atoms with Crippen molar-refractivity contribution >= 4 is 17.6 Å². The van der Waals surface area contributed by atoms with Crippen LogP contribution in [0.1, 0.15) is 15.9 Å². The average molecular weight is 387 g/mol. The quantitative estimate of drug-likeness (QED) is 0.482. The zero-order chi connectivity index (χ0) is 20.4. The molecule has 8 heteroatoms. The number of aromatic nitrogens is 3. The molecule has 0 bridgehead atoms. The van der Waals surface area contributed by atoms with E-state index in [0.717, 1.165) is 5.56 Å². The number of hydrogen-bond donors (Lipinski definition) is 3. The lowest BCUT2D eigenvalue weighted by molar-refractivity contribution is 0.100. The monoisotopic (exact) mass is 387 g/mol. The standard InChI is InChI=1S/C21H17N5O3/c1-12-4-5-13(19(22)27)8-17(12)26-21-25-11-18(29-21)15-7-14(9-23-10-15)16-3-2-6-24-20(16)28/h2-11H,1H3,(H2,22,27)(H,24,28)(H,25,26). The first-order chi connectivity index (χ1) is 14.0. The Bertz CT molecular complexity index is 1260. The number of carbonyl (C=O) groups is 1. The lowest BCUT2D eigenvalue weighted by atomic mass is 10.1. The van der Waals surface area contributed by atoms with Crippen LogP contribution in [0.3, 0.4) is 0 Å². The molecule has 0 radical (unpaired) electrons. The molecule has 0 aliphatic carbocycles. The van der Waals surface area contributed by atoms with Crippen LogP contribution in [0.2, 0.25) is 0 Å². The van der Waals surface area contributed by atoms with Crippen molar-refractivity contribution in [1.29, 1.82) is 0 Å². The minimum Gasteiger partial charge on any atom is -0.423 e. The third-order valence-corrected chi connectivity index (χ3v) is 4.42. The van der Waals surface area contributed by atoms with Crippen molar-refractivity contribution in [2.75, 3.05) is 5.32 Å². The molecule has 0 spiro atoms. The van der Waals surface area contributed by atoms with Gasteiger partial charge in [0.25, 0.3) is 11.6 Å². The lowest BCUT2D eigenvalue weighted by Crippen LogP contribution is -2.11. The smallest absolute Gasteiger partial charge is 0.299 e. The van der Waals surface area contributed by atoms with E-state index in [1.54, 1.807) is 61.2 Å². The summed E-state index contributed by atoms with van der Waals surface area (Å²) in [4.78, 5) is 34.5. The number of H-pyrrole nitrogens is 1. The third-order valence-electron chi connectivity index (χ3n) is 4.42. The molecule has 0 aliphatic heterocycles. The predicted octanol–water partition coefficient (Wildman–Crippen LogP) is 3.24. The number of amides is 1. The molecule has 8 nitrogen and oxygen atoms in total. The minimum absolute atomic E-state index is 0.198. The van der Waals surface area contributed by atoms with Crippen LogP contribution < -0.4 is 16.6 Å². The van der Waals surface area contributed by atoms with Gasteiger partial charge in [-0.25, -0.2) is 4.98 Å². The topological polar surface area (TPSA) is 127 Å². The van der Waals surface area contributed by atoms with Gasteiger partial charge in [-0.15, -0.1) is 0 Å². The summed E-state index contributed by atoms with van der Waals surface area (Å²) in [5, 5.41) is 3.05. The summed E-state index contributed by atoms with van der Waals surface area (Å²) >= 11 is 0. The highest BCUT2D eigenvalue weighted by Gasteiger charge is 2.12. The van der Waals surface area contributed by atoms with Crippen molar-refractivity contribution in [3.05, 3.63) is 82.7 Å². The van der Waals surface area contributed by atoms with E-state index < -0.39 is 5.91 Å². The Morgan fingerprint density at radius 1 is 1.14 bits per heavy atom. The van der Waals surface area contributed by atoms with Crippen molar-refractivity contribution in [2.24, 2.45) is 5.73 Å². The number of nitrogens with two attached hydrogens (primary N) is 1. The highest BCUT2D eigenvalue weighted by molar-refractivity contribution is 5.94. The molecule has 144 valence electrons. The number of pyridine rings is 2. The molecule has 0 saturated carbocycles. The van der Waals surface area contributed by atoms with Crippen molar-refractivity contribution in [2.45, 2.75) is 6.92 Å². The van der Waals surface area contributed by atoms with Crippen LogP contribution in [0.15, 0.2) is 70.4 Å². The molecule has 3 aromatic heterocycles. The summed E-state index contributed by atoms with van der Waals surface area (Å²) in [5.41, 5.74) is 8.95. The Labute approximate surface area is 165 Å². The normalized spacial score (nSPS) is 10.7. The zero-order valence-electron chi connectivity index (χ0n) is 15.5. The molecular formula is C21H17N5O3. The first-order valence-corrected chi connectivity index (χ1v) is 8.78.